The van der Waals surface area contributed by atoms with Crippen molar-refractivity contribution in [2.24, 2.45) is 0 Å². The van der Waals surface area contributed by atoms with Gasteiger partial charge in [0.2, 0.25) is 17.7 Å². The second kappa shape index (κ2) is 27.4. The van der Waals surface area contributed by atoms with E-state index < -0.39 is 22.8 Å². The predicted molar refractivity (Wildman–Crippen MR) is 407 cm³/mol. The maximum absolute atomic E-state index is 13.6. The summed E-state index contributed by atoms with van der Waals surface area (Å²) in [6.45, 7) is 0.708. The molecule has 0 radical (unpaired) electrons. The number of benzene rings is 6. The zero-order valence-electron chi connectivity index (χ0n) is 57.9. The standard InChI is InChI=1S/C30H23Cl2N3O5.C29H21Cl2N3O5.C23H18Cl2N2O3/c1-38-28(36)17-7-10-24(33-14-17)35-23-9-8-18(13-20(23)30(11-12-30)29(35)37)39-15-19-26(34-40-27(19)16-5-6-16)25-21(31)3-2-4-22(25)32;30-20-2-1-3-21(31)24(20)25-18(26(39-33-25)15-4-5-15)14-38-17-7-8-22-19(12-17)29(10-11-29)28(37)34(22)23-9-6-16(13-32-23)27(35)36;24-16-2-1-3-17(25)19(16)20-14(21(30-27-20)12-4-5-12)11-29-13-6-7-18-15(10-13)23(8-9-23)22(28)26-18/h2-4,7-10,13-14,16H,5-6,11-12,15H2,1H3;1-3,6-9,12-13,15H,4-5,10-11,14H2,(H,35,36);1-3,6-7,10,12H,4-5,8-9,11H2,(H,26,28). The van der Waals surface area contributed by atoms with Crippen molar-refractivity contribution in [2.75, 3.05) is 22.2 Å². The number of pyridine rings is 2. The van der Waals surface area contributed by atoms with Gasteiger partial charge in [0.15, 0.2) is 0 Å². The van der Waals surface area contributed by atoms with Crippen molar-refractivity contribution in [3.05, 3.63) is 238 Å². The third-order valence-corrected chi connectivity index (χ3v) is 23.7. The molecule has 6 aliphatic carbocycles. The fraction of sp³-hybridized carbons (Fsp3) is 0.268. The number of halogens is 6. The van der Waals surface area contributed by atoms with Crippen LogP contribution in [-0.2, 0) is 55.2 Å². The Bertz CT molecular complexity index is 5540. The maximum Gasteiger partial charge on any atom is 0.339 e. The number of hydrogen-bond donors (Lipinski definition) is 2. The average Bonchev–Trinajstić information content (AvgIpc) is 1.55. The molecule has 0 unspecified atom stereocenters. The minimum atomic E-state index is -1.07. The number of anilines is 5. The van der Waals surface area contributed by atoms with Crippen molar-refractivity contribution in [2.45, 2.75) is 131 Å². The van der Waals surface area contributed by atoms with Crippen LogP contribution in [0.25, 0.3) is 33.8 Å². The fourth-order valence-corrected chi connectivity index (χ4v) is 16.8. The van der Waals surface area contributed by atoms with Crippen molar-refractivity contribution >= 4 is 128 Å². The Hall–Kier alpha value is -10.3. The third kappa shape index (κ3) is 12.6. The van der Waals surface area contributed by atoms with Crippen LogP contribution in [0.1, 0.15) is 166 Å². The first kappa shape index (κ1) is 70.4. The number of carboxylic acid groups (broad SMARTS) is 1. The minimum Gasteiger partial charge on any atom is -0.489 e. The van der Waals surface area contributed by atoms with Crippen LogP contribution in [-0.4, -0.2) is 67.3 Å². The van der Waals surface area contributed by atoms with E-state index in [2.05, 4.69) is 30.8 Å². The van der Waals surface area contributed by atoms with Gasteiger partial charge in [-0.15, -0.1) is 0 Å². The number of ether oxygens (including phenoxy) is 4. The van der Waals surface area contributed by atoms with Crippen LogP contribution in [0.15, 0.2) is 159 Å². The van der Waals surface area contributed by atoms with Gasteiger partial charge in [0, 0.05) is 52.5 Å². The first-order valence-electron chi connectivity index (χ1n) is 35.7. The Morgan fingerprint density at radius 2 is 0.835 bits per heavy atom. The molecular formula is C82H62Cl6N8O13. The molecule has 27 heteroatoms. The first-order chi connectivity index (χ1) is 52.8. The number of nitrogens with zero attached hydrogens (tertiary/aromatic N) is 7. The van der Waals surface area contributed by atoms with Crippen molar-refractivity contribution < 1.29 is 61.6 Å². The van der Waals surface area contributed by atoms with Crippen LogP contribution in [0.5, 0.6) is 17.2 Å². The van der Waals surface area contributed by atoms with Crippen molar-refractivity contribution in [3.8, 4) is 51.0 Å². The van der Waals surface area contributed by atoms with Gasteiger partial charge in [-0.1, -0.05) is 103 Å². The molecule has 3 spiro atoms. The summed E-state index contributed by atoms with van der Waals surface area (Å²) in [5.74, 6) is 4.68. The van der Waals surface area contributed by atoms with Crippen LogP contribution >= 0.6 is 69.6 Å². The van der Waals surface area contributed by atoms with Crippen LogP contribution in [0, 0.1) is 0 Å². The highest BCUT2D eigenvalue weighted by molar-refractivity contribution is 6.40. The number of methoxy groups -OCH3 is 1. The number of amides is 3. The van der Waals surface area contributed by atoms with E-state index in [-0.39, 0.29) is 41.9 Å². The SMILES string of the molecule is COC(=O)c1ccc(N2C(=O)C3(CC3)c3cc(OCc4c(-c5c(Cl)cccc5Cl)noc4C4CC4)ccc32)nc1.O=C(O)c1ccc(N2C(=O)C3(CC3)c3cc(OCc4c(-c5c(Cl)cccc5Cl)noc4C4CC4)ccc32)nc1.O=C1Nc2ccc(OCc3c(-c4c(Cl)cccc4Cl)noc3C3CC3)cc2C12CC2. The number of hydrogen-bond acceptors (Lipinski definition) is 17. The molecule has 8 heterocycles. The number of carbonyl (C=O) groups is 5. The molecular weight excluding hydrogens is 1520 g/mol. The molecule has 20 rings (SSSR count). The summed E-state index contributed by atoms with van der Waals surface area (Å²) < 4.78 is 40.7. The van der Waals surface area contributed by atoms with Gasteiger partial charge in [0.25, 0.3) is 0 Å². The van der Waals surface area contributed by atoms with Crippen LogP contribution in [0.4, 0.5) is 28.7 Å². The lowest BCUT2D eigenvalue weighted by atomic mass is 9.98. The van der Waals surface area contributed by atoms with E-state index in [1.165, 1.54) is 25.6 Å². The molecule has 550 valence electrons. The smallest absolute Gasteiger partial charge is 0.339 e. The second-order valence-electron chi connectivity index (χ2n) is 28.8. The summed E-state index contributed by atoms with van der Waals surface area (Å²) in [5, 5.41) is 28.1. The van der Waals surface area contributed by atoms with Gasteiger partial charge in [-0.2, -0.15) is 0 Å². The number of carboxylic acids is 1. The molecule has 21 nitrogen and oxygen atoms in total. The van der Waals surface area contributed by atoms with Crippen molar-refractivity contribution in [1.29, 1.82) is 0 Å². The van der Waals surface area contributed by atoms with E-state index in [0.29, 0.717) is 117 Å². The summed E-state index contributed by atoms with van der Waals surface area (Å²) in [7, 11) is 1.32. The molecule has 3 aliphatic heterocycles. The van der Waals surface area contributed by atoms with Gasteiger partial charge < -0.3 is 42.9 Å². The van der Waals surface area contributed by atoms with E-state index in [1.807, 2.05) is 54.6 Å². The van der Waals surface area contributed by atoms with E-state index in [9.17, 15) is 29.1 Å². The lowest BCUT2D eigenvalue weighted by molar-refractivity contribution is -0.120. The highest BCUT2D eigenvalue weighted by atomic mass is 35.5. The molecule has 0 atom stereocenters. The molecule has 0 bridgehead atoms. The number of rotatable bonds is 19. The zero-order valence-corrected chi connectivity index (χ0v) is 62.5. The topological polar surface area (TPSA) is 265 Å². The molecule has 9 aliphatic rings. The fourth-order valence-electron chi connectivity index (χ4n) is 15.0. The van der Waals surface area contributed by atoms with E-state index in [1.54, 1.807) is 82.6 Å². The molecule has 11 aromatic rings. The molecule has 6 fully saturated rings. The summed E-state index contributed by atoms with van der Waals surface area (Å²) >= 11 is 38.8. The monoisotopic (exact) mass is 1580 g/mol. The normalized spacial score (nSPS) is 17.3. The highest BCUT2D eigenvalue weighted by Crippen LogP contribution is 2.62. The Morgan fingerprint density at radius 1 is 0.477 bits per heavy atom. The van der Waals surface area contributed by atoms with Gasteiger partial charge in [0.1, 0.15) is 83.1 Å². The predicted octanol–water partition coefficient (Wildman–Crippen LogP) is 20.0. The van der Waals surface area contributed by atoms with Crippen LogP contribution in [0.3, 0.4) is 0 Å². The zero-order chi connectivity index (χ0) is 74.9. The van der Waals surface area contributed by atoms with Crippen LogP contribution < -0.4 is 29.3 Å². The van der Waals surface area contributed by atoms with Gasteiger partial charge >= 0.3 is 11.9 Å². The Kier molecular flexibility index (Phi) is 17.7. The number of nitrogens with one attached hydrogen (secondary N) is 1. The van der Waals surface area contributed by atoms with Crippen molar-refractivity contribution in [1.82, 2.24) is 25.4 Å². The lowest BCUT2D eigenvalue weighted by Crippen LogP contribution is -2.28. The largest absolute Gasteiger partial charge is 0.489 e. The Balaban J connectivity index is 0.000000116. The number of aromatic carboxylic acids is 1. The number of esters is 1. The molecule has 6 saturated carbocycles. The summed E-state index contributed by atoms with van der Waals surface area (Å²) in [6.07, 6.45) is 13.7. The molecule has 6 aromatic carbocycles. The van der Waals surface area contributed by atoms with Gasteiger partial charge in [-0.25, -0.2) is 19.6 Å². The highest BCUT2D eigenvalue weighted by Gasteiger charge is 2.62. The Morgan fingerprint density at radius 3 is 1.17 bits per heavy atom. The second-order valence-corrected chi connectivity index (χ2v) is 31.2. The van der Waals surface area contributed by atoms with E-state index in [4.69, 9.17) is 102 Å². The summed E-state index contributed by atoms with van der Waals surface area (Å²) in [5.41, 5.74) is 10.3. The van der Waals surface area contributed by atoms with E-state index in [0.717, 1.165) is 151 Å². The van der Waals surface area contributed by atoms with Gasteiger partial charge in [-0.3, -0.25) is 24.2 Å². The first-order valence-corrected chi connectivity index (χ1v) is 38.0. The van der Waals surface area contributed by atoms with Gasteiger partial charge in [-0.05, 0) is 209 Å². The number of fused-ring (bicyclic) bond motifs is 6. The average molecular weight is 1580 g/mol. The summed E-state index contributed by atoms with van der Waals surface area (Å²) in [4.78, 5) is 74.2. The number of aromatic nitrogens is 5. The molecule has 0 saturated heterocycles. The Labute approximate surface area is 652 Å². The number of carbonyl (C=O) groups excluding carboxylic acids is 4. The van der Waals surface area contributed by atoms with Crippen LogP contribution in [0.2, 0.25) is 30.1 Å². The van der Waals surface area contributed by atoms with Crippen molar-refractivity contribution in [3.63, 3.8) is 0 Å². The summed E-state index contributed by atoms with van der Waals surface area (Å²) in [6, 6.07) is 39.3. The van der Waals surface area contributed by atoms with E-state index >= 15 is 0 Å². The molecule has 5 aromatic heterocycles. The minimum absolute atomic E-state index is 0.0244. The third-order valence-electron chi connectivity index (χ3n) is 21.8. The lowest BCUT2D eigenvalue weighted by Gasteiger charge is -2.17. The molecule has 109 heavy (non-hydrogen) atoms. The van der Waals surface area contributed by atoms with Gasteiger partial charge in [0.05, 0.1) is 92.7 Å². The maximum atomic E-state index is 13.6. The molecule has 2 N–H and O–H groups in total. The quantitative estimate of drug-likeness (QED) is 0.0712. The molecule has 3 amide bonds.